The van der Waals surface area contributed by atoms with Crippen molar-refractivity contribution in [1.29, 1.82) is 0 Å². The molecule has 0 saturated carbocycles. The predicted molar refractivity (Wildman–Crippen MR) is 108 cm³/mol. The Morgan fingerprint density at radius 1 is 1.04 bits per heavy atom. The van der Waals surface area contributed by atoms with Crippen molar-refractivity contribution in [3.63, 3.8) is 0 Å². The molecular weight excluding hydrogens is 427 g/mol. The van der Waals surface area contributed by atoms with Gasteiger partial charge >= 0.3 is 0 Å². The molecule has 0 aliphatic rings. The smallest absolute Gasteiger partial charge is 0.145 e. The van der Waals surface area contributed by atoms with Gasteiger partial charge in [-0.2, -0.15) is 5.10 Å². The van der Waals surface area contributed by atoms with Crippen LogP contribution >= 0.6 is 58.0 Å². The van der Waals surface area contributed by atoms with Crippen LogP contribution in [0.15, 0.2) is 40.6 Å². The van der Waals surface area contributed by atoms with Gasteiger partial charge in [0.05, 0.1) is 27.7 Å². The van der Waals surface area contributed by atoms with E-state index in [1.165, 1.54) is 6.21 Å². The van der Waals surface area contributed by atoms with Gasteiger partial charge in [-0.05, 0) is 31.2 Å². The number of nitrogens with one attached hydrogen (secondary N) is 1. The molecule has 0 radical (unpaired) electrons. The molecule has 0 aromatic heterocycles. The van der Waals surface area contributed by atoms with Crippen molar-refractivity contribution >= 4 is 75.6 Å². The third kappa shape index (κ3) is 5.94. The lowest BCUT2D eigenvalue weighted by Crippen LogP contribution is -2.00. The molecule has 9 heteroatoms. The van der Waals surface area contributed by atoms with Crippen LogP contribution in [0, 0.1) is 0 Å². The molecule has 25 heavy (non-hydrogen) atoms. The van der Waals surface area contributed by atoms with Gasteiger partial charge in [0.1, 0.15) is 6.61 Å². The van der Waals surface area contributed by atoms with E-state index in [-0.39, 0.29) is 6.61 Å². The molecule has 132 valence electrons. The molecule has 0 fully saturated rings. The molecule has 0 spiro atoms. The summed E-state index contributed by atoms with van der Waals surface area (Å²) in [5.41, 5.74) is 4.41. The Balaban J connectivity index is 1.94. The van der Waals surface area contributed by atoms with E-state index < -0.39 is 0 Å². The van der Waals surface area contributed by atoms with Gasteiger partial charge in [-0.3, -0.25) is 5.43 Å². The van der Waals surface area contributed by atoms with E-state index in [0.717, 1.165) is 0 Å². The number of rotatable bonds is 6. The van der Waals surface area contributed by atoms with Crippen LogP contribution in [0.4, 0.5) is 5.69 Å². The Morgan fingerprint density at radius 3 is 2.24 bits per heavy atom. The minimum absolute atomic E-state index is 0.143. The molecule has 2 aromatic carbocycles. The monoisotopic (exact) mass is 437 g/mol. The number of hydrogen-bond donors (Lipinski definition) is 1. The minimum Gasteiger partial charge on any atom is -0.391 e. The number of anilines is 1. The summed E-state index contributed by atoms with van der Waals surface area (Å²) in [6, 6.07) is 8.34. The van der Waals surface area contributed by atoms with Crippen LogP contribution in [-0.4, -0.2) is 11.9 Å². The second kappa shape index (κ2) is 9.51. The lowest BCUT2D eigenvalue weighted by molar-refractivity contribution is 0.132. The summed E-state index contributed by atoms with van der Waals surface area (Å²) in [7, 11) is 0. The average molecular weight is 440 g/mol. The Bertz CT molecular complexity index is 780. The van der Waals surface area contributed by atoms with Crippen LogP contribution < -0.4 is 5.43 Å². The summed E-state index contributed by atoms with van der Waals surface area (Å²) in [5, 5.41) is 10.1. The van der Waals surface area contributed by atoms with Crippen LogP contribution in [0.3, 0.4) is 0 Å². The zero-order chi connectivity index (χ0) is 18.4. The molecule has 1 N–H and O–H groups in total. The Hall–Kier alpha value is -1.17. The third-order valence-electron chi connectivity index (χ3n) is 2.94. The first-order valence-corrected chi connectivity index (χ1v) is 8.80. The van der Waals surface area contributed by atoms with Crippen molar-refractivity contribution in [3.8, 4) is 0 Å². The van der Waals surface area contributed by atoms with Gasteiger partial charge in [0, 0.05) is 20.6 Å². The molecular formula is C16H12Cl5N3O. The second-order valence-corrected chi connectivity index (χ2v) is 6.88. The average Bonchev–Trinajstić information content (AvgIpc) is 2.52. The number of hydrogen-bond acceptors (Lipinski definition) is 4. The summed E-state index contributed by atoms with van der Waals surface area (Å²) in [6.45, 7) is 1.87. The summed E-state index contributed by atoms with van der Waals surface area (Å²) >= 11 is 30.1. The summed E-state index contributed by atoms with van der Waals surface area (Å²) in [4.78, 5) is 5.19. The highest BCUT2D eigenvalue weighted by Crippen LogP contribution is 2.33. The molecule has 0 aliphatic carbocycles. The number of hydrazone groups is 1. The van der Waals surface area contributed by atoms with Crippen LogP contribution in [0.1, 0.15) is 12.5 Å². The molecule has 4 nitrogen and oxygen atoms in total. The summed E-state index contributed by atoms with van der Waals surface area (Å²) in [5.74, 6) is 0. The maximum absolute atomic E-state index is 6.06. The van der Waals surface area contributed by atoms with E-state index in [0.29, 0.717) is 42.1 Å². The summed E-state index contributed by atoms with van der Waals surface area (Å²) in [6.07, 6.45) is 1.43. The molecule has 0 amide bonds. The Morgan fingerprint density at radius 2 is 1.64 bits per heavy atom. The van der Waals surface area contributed by atoms with Gasteiger partial charge in [0.15, 0.2) is 0 Å². The van der Waals surface area contributed by atoms with Crippen molar-refractivity contribution in [1.82, 2.24) is 0 Å². The van der Waals surface area contributed by atoms with Crippen molar-refractivity contribution in [2.45, 2.75) is 13.5 Å². The van der Waals surface area contributed by atoms with E-state index in [1.54, 1.807) is 37.3 Å². The van der Waals surface area contributed by atoms with E-state index >= 15 is 0 Å². The van der Waals surface area contributed by atoms with Crippen LogP contribution in [0.25, 0.3) is 0 Å². The van der Waals surface area contributed by atoms with E-state index in [9.17, 15) is 0 Å². The van der Waals surface area contributed by atoms with Gasteiger partial charge in [-0.25, -0.2) is 0 Å². The minimum atomic E-state index is 0.143. The topological polar surface area (TPSA) is 46.0 Å². The number of benzene rings is 2. The number of oxime groups is 1. The zero-order valence-corrected chi connectivity index (χ0v) is 16.6. The van der Waals surface area contributed by atoms with E-state index in [1.807, 2.05) is 0 Å². The fourth-order valence-corrected chi connectivity index (χ4v) is 3.12. The van der Waals surface area contributed by atoms with E-state index in [4.69, 9.17) is 62.8 Å². The largest absolute Gasteiger partial charge is 0.391 e. The fourth-order valence-electron chi connectivity index (χ4n) is 1.71. The highest BCUT2D eigenvalue weighted by atomic mass is 35.5. The molecule has 0 saturated heterocycles. The van der Waals surface area contributed by atoms with Crippen molar-refractivity contribution in [3.05, 3.63) is 61.0 Å². The standard InChI is InChI=1S/C16H12Cl5N3O/c1-9(23-24-16-14(20)5-10(17)6-15(16)21)7-22-25-8-11-12(18)3-2-4-13(11)19/h2-7,24H,8H2,1H3/b22-7-,23-9-. The Labute approximate surface area is 170 Å². The van der Waals surface area contributed by atoms with Gasteiger partial charge in [0.2, 0.25) is 0 Å². The van der Waals surface area contributed by atoms with Crippen LogP contribution in [0.2, 0.25) is 25.1 Å². The molecule has 0 bridgehead atoms. The highest BCUT2D eigenvalue weighted by Gasteiger charge is 2.07. The van der Waals surface area contributed by atoms with Gasteiger partial charge < -0.3 is 4.84 Å². The maximum atomic E-state index is 6.06. The fraction of sp³-hybridized carbons (Fsp3) is 0.125. The zero-order valence-electron chi connectivity index (χ0n) is 12.9. The molecule has 0 unspecified atom stereocenters. The first-order valence-electron chi connectivity index (χ1n) is 6.91. The molecule has 2 rings (SSSR count). The molecule has 0 heterocycles. The van der Waals surface area contributed by atoms with Crippen LogP contribution in [-0.2, 0) is 11.4 Å². The molecule has 0 aliphatic heterocycles. The lowest BCUT2D eigenvalue weighted by atomic mass is 10.2. The Kier molecular flexibility index (Phi) is 7.66. The quantitative estimate of drug-likeness (QED) is 0.391. The van der Waals surface area contributed by atoms with Gasteiger partial charge in [-0.1, -0.05) is 69.2 Å². The second-order valence-electron chi connectivity index (χ2n) is 4.82. The van der Waals surface area contributed by atoms with Crippen molar-refractivity contribution < 1.29 is 4.84 Å². The number of halogens is 5. The summed E-state index contributed by atoms with van der Waals surface area (Å²) < 4.78 is 0. The van der Waals surface area contributed by atoms with Crippen LogP contribution in [0.5, 0.6) is 0 Å². The first kappa shape index (κ1) is 20.1. The molecule has 0 atom stereocenters. The van der Waals surface area contributed by atoms with Gasteiger partial charge in [-0.15, -0.1) is 0 Å². The van der Waals surface area contributed by atoms with Crippen molar-refractivity contribution in [2.75, 3.05) is 5.43 Å². The third-order valence-corrected chi connectivity index (χ3v) is 4.46. The highest BCUT2D eigenvalue weighted by molar-refractivity contribution is 6.41. The SMILES string of the molecule is CC(/C=N\OCc1c(Cl)cccc1Cl)=N/Nc1c(Cl)cc(Cl)cc1Cl. The normalized spacial score (nSPS) is 11.8. The first-order chi connectivity index (χ1) is 11.9. The predicted octanol–water partition coefficient (Wildman–Crippen LogP) is 6.94. The van der Waals surface area contributed by atoms with Crippen molar-refractivity contribution in [2.24, 2.45) is 10.3 Å². The maximum Gasteiger partial charge on any atom is 0.145 e. The number of nitrogens with zero attached hydrogens (tertiary/aromatic N) is 2. The lowest BCUT2D eigenvalue weighted by Gasteiger charge is -2.07. The molecule has 2 aromatic rings. The van der Waals surface area contributed by atoms with Gasteiger partial charge in [0.25, 0.3) is 0 Å². The van der Waals surface area contributed by atoms with E-state index in [2.05, 4.69) is 15.7 Å².